The third-order valence-corrected chi connectivity index (χ3v) is 8.55. The second kappa shape index (κ2) is 12.9. The molecule has 1 atom stereocenters. The van der Waals surface area contributed by atoms with Gasteiger partial charge in [0.1, 0.15) is 21.4 Å². The second-order valence-corrected chi connectivity index (χ2v) is 11.8. The van der Waals surface area contributed by atoms with E-state index in [9.17, 15) is 19.2 Å². The second-order valence-electron chi connectivity index (χ2n) is 10.5. The molecule has 1 aliphatic carbocycles. The number of carbonyl (C=O) groups excluding carboxylic acids is 3. The number of benzene rings is 2. The number of aromatic amines is 1. The van der Waals surface area contributed by atoms with Crippen LogP contribution in [0.1, 0.15) is 66.8 Å². The first kappa shape index (κ1) is 30.8. The smallest absolute Gasteiger partial charge is 0.328 e. The molecule has 0 unspecified atom stereocenters. The summed E-state index contributed by atoms with van der Waals surface area (Å²) in [6.45, 7) is 4.18. The lowest BCUT2D eigenvalue weighted by molar-refractivity contribution is -0.149. The topological polar surface area (TPSA) is 132 Å². The van der Waals surface area contributed by atoms with Crippen LogP contribution < -0.4 is 11.0 Å². The van der Waals surface area contributed by atoms with Gasteiger partial charge < -0.3 is 14.8 Å². The Hall–Kier alpha value is -4.68. The van der Waals surface area contributed by atoms with Crippen molar-refractivity contribution < 1.29 is 23.9 Å². The summed E-state index contributed by atoms with van der Waals surface area (Å²) in [5.41, 5.74) is 6.93. The maximum atomic E-state index is 13.1. The highest BCUT2D eigenvalue weighted by molar-refractivity contribution is 7.71. The molecular weight excluding hydrogens is 601 g/mol. The summed E-state index contributed by atoms with van der Waals surface area (Å²) in [5.74, 6) is -2.39. The summed E-state index contributed by atoms with van der Waals surface area (Å²) in [4.78, 5) is 57.0. The van der Waals surface area contributed by atoms with Crippen molar-refractivity contribution in [3.05, 3.63) is 113 Å². The maximum absolute atomic E-state index is 13.1. The first-order chi connectivity index (χ1) is 21.1. The zero-order valence-corrected chi connectivity index (χ0v) is 26.1. The minimum atomic E-state index is -1.24. The Kier molecular flexibility index (Phi) is 9.02. The summed E-state index contributed by atoms with van der Waals surface area (Å²) in [7, 11) is 2.34. The van der Waals surface area contributed by atoms with Crippen molar-refractivity contribution in [2.45, 2.75) is 38.8 Å². The number of amides is 1. The Morgan fingerprint density at radius 1 is 1.02 bits per heavy atom. The average Bonchev–Trinajstić information content (AvgIpc) is 3.41. The van der Waals surface area contributed by atoms with E-state index in [-0.39, 0.29) is 18.2 Å². The van der Waals surface area contributed by atoms with Gasteiger partial charge in [-0.25, -0.2) is 14.6 Å². The van der Waals surface area contributed by atoms with Gasteiger partial charge in [-0.05, 0) is 36.1 Å². The fraction of sp³-hybridized carbons (Fsp3) is 0.250. The van der Waals surface area contributed by atoms with Crippen LogP contribution in [0.15, 0.2) is 52.8 Å². The maximum Gasteiger partial charge on any atom is 0.328 e. The van der Waals surface area contributed by atoms with E-state index in [1.807, 2.05) is 0 Å². The lowest BCUT2D eigenvalue weighted by Gasteiger charge is -2.22. The van der Waals surface area contributed by atoms with Crippen LogP contribution in [-0.4, -0.2) is 52.6 Å². The zero-order valence-electron chi connectivity index (χ0n) is 24.5. The average molecular weight is 631 g/mol. The molecule has 10 nitrogen and oxygen atoms in total. The van der Waals surface area contributed by atoms with E-state index in [0.29, 0.717) is 9.65 Å². The van der Waals surface area contributed by atoms with Gasteiger partial charge in [-0.1, -0.05) is 71.9 Å². The van der Waals surface area contributed by atoms with Crippen molar-refractivity contribution in [2.75, 3.05) is 14.2 Å². The van der Waals surface area contributed by atoms with Crippen LogP contribution in [0, 0.1) is 18.5 Å². The number of aromatic nitrogens is 3. The molecule has 0 aliphatic heterocycles. The predicted molar refractivity (Wildman–Crippen MR) is 169 cm³/mol. The number of hydrogen-bond donors (Lipinski definition) is 2. The van der Waals surface area contributed by atoms with Crippen LogP contribution in [0.3, 0.4) is 0 Å². The largest absolute Gasteiger partial charge is 0.469 e. The zero-order chi connectivity index (χ0) is 31.5. The summed E-state index contributed by atoms with van der Waals surface area (Å²) >= 11 is 6.90. The van der Waals surface area contributed by atoms with Crippen LogP contribution in [-0.2, 0) is 25.6 Å². The minimum absolute atomic E-state index is 0.0318. The van der Waals surface area contributed by atoms with Gasteiger partial charge >= 0.3 is 17.6 Å². The van der Waals surface area contributed by atoms with E-state index >= 15 is 0 Å². The number of ether oxygens (including phenoxy) is 2. The van der Waals surface area contributed by atoms with E-state index in [0.717, 1.165) is 46.1 Å². The van der Waals surface area contributed by atoms with E-state index in [2.05, 4.69) is 82.4 Å². The number of hydrogen-bond acceptors (Lipinski definition) is 9. The Bertz CT molecular complexity index is 1870. The van der Waals surface area contributed by atoms with Gasteiger partial charge in [0.15, 0.2) is 0 Å². The summed E-state index contributed by atoms with van der Waals surface area (Å²) in [6, 6.07) is 11.4. The number of nitrogens with zero attached hydrogens (tertiary/aromatic N) is 2. The standard InChI is InChI=1S/C32H30N4O6S2/c1-17-5-9-21-19(11-17)7-8-20-12-18(2)6-10-22(20)28(21)23-14-36(32(40)35-30(23)43)15-26-33-25(16-44-26)29(38)34-24(31(39)42-4)13-27(37)41-3/h5-12,14,16,24,28H,13,15H2,1-4H3,(H,34,38)(H,35,40,43)/t24-/m0/s1. The van der Waals surface area contributed by atoms with Gasteiger partial charge in [0.2, 0.25) is 0 Å². The number of H-pyrrole nitrogens is 1. The van der Waals surface area contributed by atoms with Crippen molar-refractivity contribution in [2.24, 2.45) is 0 Å². The number of thiazole rings is 1. The van der Waals surface area contributed by atoms with Crippen molar-refractivity contribution in [3.8, 4) is 0 Å². The van der Waals surface area contributed by atoms with Gasteiger partial charge in [0, 0.05) is 23.1 Å². The van der Waals surface area contributed by atoms with Gasteiger partial charge in [-0.15, -0.1) is 11.3 Å². The Morgan fingerprint density at radius 2 is 1.66 bits per heavy atom. The molecule has 0 fully saturated rings. The van der Waals surface area contributed by atoms with Crippen LogP contribution in [0.5, 0.6) is 0 Å². The molecule has 12 heteroatoms. The molecule has 0 saturated carbocycles. The van der Waals surface area contributed by atoms with Crippen molar-refractivity contribution in [1.29, 1.82) is 0 Å². The Labute approximate surface area is 262 Å². The Balaban J connectivity index is 1.48. The molecule has 226 valence electrons. The molecule has 44 heavy (non-hydrogen) atoms. The molecule has 0 bridgehead atoms. The van der Waals surface area contributed by atoms with Crippen LogP contribution >= 0.6 is 23.6 Å². The number of esters is 2. The summed E-state index contributed by atoms with van der Waals surface area (Å²) in [5, 5.41) is 4.46. The molecule has 2 N–H and O–H groups in total. The van der Waals surface area contributed by atoms with E-state index in [1.165, 1.54) is 28.4 Å². The SMILES string of the molecule is COC(=O)C[C@H](NC(=O)c1csc(Cn2cc(C3c4ccc(C)cc4C=Cc4cc(C)ccc43)c(=S)[nH]c2=O)n1)C(=O)OC. The van der Waals surface area contributed by atoms with Gasteiger partial charge in [0.05, 0.1) is 27.2 Å². The van der Waals surface area contributed by atoms with Crippen molar-refractivity contribution >= 4 is 53.6 Å². The lowest BCUT2D eigenvalue weighted by atomic mass is 9.83. The van der Waals surface area contributed by atoms with Gasteiger partial charge in [0.25, 0.3) is 5.91 Å². The number of methoxy groups -OCH3 is 2. The molecule has 0 spiro atoms. The first-order valence-corrected chi connectivity index (χ1v) is 15.0. The van der Waals surface area contributed by atoms with Gasteiger partial charge in [-0.3, -0.25) is 19.1 Å². The van der Waals surface area contributed by atoms with E-state index < -0.39 is 36.0 Å². The highest BCUT2D eigenvalue weighted by Gasteiger charge is 2.28. The predicted octanol–water partition coefficient (Wildman–Crippen LogP) is 4.53. The number of rotatable bonds is 8. The molecule has 4 aromatic rings. The van der Waals surface area contributed by atoms with Gasteiger partial charge in [-0.2, -0.15) is 0 Å². The molecule has 0 radical (unpaired) electrons. The highest BCUT2D eigenvalue weighted by Crippen LogP contribution is 2.40. The normalized spacial score (nSPS) is 12.9. The first-order valence-electron chi connectivity index (χ1n) is 13.7. The lowest BCUT2D eigenvalue weighted by Crippen LogP contribution is -2.43. The molecular formula is C32H30N4O6S2. The molecule has 2 heterocycles. The number of fused-ring (bicyclic) bond motifs is 2. The number of aryl methyl sites for hydroxylation is 2. The van der Waals surface area contributed by atoms with Crippen molar-refractivity contribution in [3.63, 3.8) is 0 Å². The molecule has 5 rings (SSSR count). The summed E-state index contributed by atoms with van der Waals surface area (Å²) < 4.78 is 11.1. The van der Waals surface area contributed by atoms with E-state index in [1.54, 1.807) is 6.20 Å². The molecule has 1 aliphatic rings. The van der Waals surface area contributed by atoms with Crippen LogP contribution in [0.4, 0.5) is 0 Å². The fourth-order valence-electron chi connectivity index (χ4n) is 5.19. The van der Waals surface area contributed by atoms with Crippen LogP contribution in [0.2, 0.25) is 0 Å². The molecule has 2 aromatic carbocycles. The molecule has 0 saturated heterocycles. The summed E-state index contributed by atoms with van der Waals surface area (Å²) in [6.07, 6.45) is 5.59. The quantitative estimate of drug-likeness (QED) is 0.189. The van der Waals surface area contributed by atoms with Crippen LogP contribution in [0.25, 0.3) is 12.2 Å². The van der Waals surface area contributed by atoms with E-state index in [4.69, 9.17) is 17.0 Å². The third-order valence-electron chi connectivity index (χ3n) is 7.38. The minimum Gasteiger partial charge on any atom is -0.469 e. The molecule has 2 aromatic heterocycles. The molecule has 1 amide bonds. The Morgan fingerprint density at radius 3 is 2.25 bits per heavy atom. The number of nitrogens with one attached hydrogen (secondary N) is 2. The fourth-order valence-corrected chi connectivity index (χ4v) is 6.22. The number of carbonyl (C=O) groups is 3. The van der Waals surface area contributed by atoms with Crippen molar-refractivity contribution in [1.82, 2.24) is 19.9 Å². The monoisotopic (exact) mass is 630 g/mol. The third kappa shape index (κ3) is 6.46. The highest BCUT2D eigenvalue weighted by atomic mass is 32.1.